The van der Waals surface area contributed by atoms with E-state index < -0.39 is 39.8 Å². The number of pyridine rings is 2. The third kappa shape index (κ3) is 2.37. The van der Waals surface area contributed by atoms with Gasteiger partial charge in [0.25, 0.3) is 0 Å². The van der Waals surface area contributed by atoms with Gasteiger partial charge in [-0.1, -0.05) is 23.2 Å². The van der Waals surface area contributed by atoms with Gasteiger partial charge in [0, 0.05) is 0 Å². The number of nitrogens with zero attached hydrogens (tertiary/aromatic N) is 2. The van der Waals surface area contributed by atoms with E-state index in [9.17, 15) is 13.6 Å². The zero-order chi connectivity index (χ0) is 15.0. The highest BCUT2D eigenvalue weighted by Gasteiger charge is 2.23. The van der Waals surface area contributed by atoms with Crippen LogP contribution in [0.2, 0.25) is 10.2 Å². The molecule has 3 N–H and O–H groups in total. The Morgan fingerprint density at radius 3 is 2.45 bits per heavy atom. The Labute approximate surface area is 121 Å². The molecule has 0 saturated heterocycles. The summed E-state index contributed by atoms with van der Waals surface area (Å²) in [6, 6.07) is 2.31. The topological polar surface area (TPSA) is 89.1 Å². The van der Waals surface area contributed by atoms with E-state index in [4.69, 9.17) is 34.0 Å². The lowest BCUT2D eigenvalue weighted by molar-refractivity contribution is 0.0691. The first kappa shape index (κ1) is 14.4. The van der Waals surface area contributed by atoms with Gasteiger partial charge in [0.05, 0.1) is 16.3 Å². The molecule has 0 unspecified atom stereocenters. The number of carboxylic acid groups (broad SMARTS) is 1. The summed E-state index contributed by atoms with van der Waals surface area (Å²) in [6.45, 7) is 0. The fourth-order valence-corrected chi connectivity index (χ4v) is 1.81. The maximum Gasteiger partial charge on any atom is 0.356 e. The molecular formula is C11H5Cl2F2N3O2. The van der Waals surface area contributed by atoms with E-state index >= 15 is 0 Å². The van der Waals surface area contributed by atoms with Crippen LogP contribution in [0.3, 0.4) is 0 Å². The van der Waals surface area contributed by atoms with Gasteiger partial charge in [-0.3, -0.25) is 0 Å². The second-order valence-corrected chi connectivity index (χ2v) is 4.39. The number of aromatic carboxylic acids is 1. The quantitative estimate of drug-likeness (QED) is 0.830. The van der Waals surface area contributed by atoms with Crippen molar-refractivity contribution in [2.75, 3.05) is 5.73 Å². The van der Waals surface area contributed by atoms with Gasteiger partial charge >= 0.3 is 5.97 Å². The molecule has 9 heteroatoms. The summed E-state index contributed by atoms with van der Waals surface area (Å²) < 4.78 is 27.6. The molecule has 0 aliphatic rings. The van der Waals surface area contributed by atoms with Gasteiger partial charge in [0.1, 0.15) is 10.8 Å². The standard InChI is InChI=1S/C11H5Cl2F2N3O2/c12-4-2-1-3(10(15)17-4)8-6(14)7(16)5(13)9(18-8)11(19)20/h1-2H,(H2,16,18)(H,19,20). The first-order valence-corrected chi connectivity index (χ1v) is 5.78. The number of rotatable bonds is 2. The lowest BCUT2D eigenvalue weighted by Gasteiger charge is -2.09. The Bertz CT molecular complexity index is 725. The molecule has 0 fully saturated rings. The molecule has 0 aliphatic carbocycles. The zero-order valence-corrected chi connectivity index (χ0v) is 11.0. The SMILES string of the molecule is Nc1c(F)c(-c2ccc(Cl)nc2F)nc(C(=O)O)c1Cl. The largest absolute Gasteiger partial charge is 0.476 e. The summed E-state index contributed by atoms with van der Waals surface area (Å²) >= 11 is 11.1. The second kappa shape index (κ2) is 5.18. The number of carboxylic acids is 1. The van der Waals surface area contributed by atoms with Gasteiger partial charge < -0.3 is 10.8 Å². The lowest BCUT2D eigenvalue weighted by Crippen LogP contribution is -2.09. The number of halogens is 4. The molecule has 0 atom stereocenters. The van der Waals surface area contributed by atoms with Crippen molar-refractivity contribution in [3.63, 3.8) is 0 Å². The fraction of sp³-hybridized carbons (Fsp3) is 0. The normalized spacial score (nSPS) is 10.6. The van der Waals surface area contributed by atoms with Crippen molar-refractivity contribution in [1.82, 2.24) is 9.97 Å². The summed E-state index contributed by atoms with van der Waals surface area (Å²) in [5.74, 6) is -3.77. The van der Waals surface area contributed by atoms with Crippen molar-refractivity contribution in [2.45, 2.75) is 0 Å². The van der Waals surface area contributed by atoms with Crippen LogP contribution in [-0.2, 0) is 0 Å². The molecule has 2 rings (SSSR count). The van der Waals surface area contributed by atoms with Crippen molar-refractivity contribution in [2.24, 2.45) is 0 Å². The molecule has 0 aliphatic heterocycles. The Morgan fingerprint density at radius 1 is 1.25 bits per heavy atom. The number of nitrogen functional groups attached to an aromatic ring is 1. The highest BCUT2D eigenvalue weighted by molar-refractivity contribution is 6.35. The molecule has 0 saturated carbocycles. The van der Waals surface area contributed by atoms with E-state index in [2.05, 4.69) is 9.97 Å². The van der Waals surface area contributed by atoms with Gasteiger partial charge in [-0.05, 0) is 12.1 Å². The molecule has 2 aromatic rings. The van der Waals surface area contributed by atoms with Crippen molar-refractivity contribution >= 4 is 34.9 Å². The van der Waals surface area contributed by atoms with Gasteiger partial charge in [-0.25, -0.2) is 19.2 Å². The summed E-state index contributed by atoms with van der Waals surface area (Å²) in [6.07, 6.45) is 0. The molecule has 0 aromatic carbocycles. The monoisotopic (exact) mass is 319 g/mol. The summed E-state index contributed by atoms with van der Waals surface area (Å²) in [5, 5.41) is 8.21. The van der Waals surface area contributed by atoms with Crippen molar-refractivity contribution in [3.8, 4) is 11.3 Å². The Balaban J connectivity index is 2.77. The van der Waals surface area contributed by atoms with Gasteiger partial charge in [-0.2, -0.15) is 4.39 Å². The maximum atomic E-state index is 14.0. The summed E-state index contributed by atoms with van der Waals surface area (Å²) in [7, 11) is 0. The van der Waals surface area contributed by atoms with Crippen LogP contribution in [0.5, 0.6) is 0 Å². The van der Waals surface area contributed by atoms with Gasteiger partial charge in [-0.15, -0.1) is 0 Å². The number of carbonyl (C=O) groups is 1. The van der Waals surface area contributed by atoms with E-state index in [0.29, 0.717) is 0 Å². The predicted octanol–water partition coefficient (Wildman–Crippen LogP) is 3.01. The van der Waals surface area contributed by atoms with E-state index in [0.717, 1.165) is 6.07 Å². The van der Waals surface area contributed by atoms with Gasteiger partial charge in [0.2, 0.25) is 5.95 Å². The van der Waals surface area contributed by atoms with E-state index in [-0.39, 0.29) is 10.7 Å². The molecule has 0 amide bonds. The highest BCUT2D eigenvalue weighted by Crippen LogP contribution is 2.33. The minimum atomic E-state index is -1.52. The zero-order valence-electron chi connectivity index (χ0n) is 9.49. The van der Waals surface area contributed by atoms with E-state index in [1.165, 1.54) is 6.07 Å². The van der Waals surface area contributed by atoms with Crippen LogP contribution in [0.4, 0.5) is 14.5 Å². The molecular weight excluding hydrogens is 315 g/mol. The maximum absolute atomic E-state index is 14.0. The molecule has 0 bridgehead atoms. The fourth-order valence-electron chi connectivity index (χ4n) is 1.47. The van der Waals surface area contributed by atoms with E-state index in [1.807, 2.05) is 0 Å². The first-order valence-electron chi connectivity index (χ1n) is 5.03. The second-order valence-electron chi connectivity index (χ2n) is 3.63. The Hall–Kier alpha value is -1.99. The van der Waals surface area contributed by atoms with Crippen molar-refractivity contribution in [3.05, 3.63) is 39.8 Å². The van der Waals surface area contributed by atoms with Crippen LogP contribution in [-0.4, -0.2) is 21.0 Å². The van der Waals surface area contributed by atoms with Crippen LogP contribution in [0.15, 0.2) is 12.1 Å². The molecule has 2 heterocycles. The average molecular weight is 320 g/mol. The number of hydrogen-bond acceptors (Lipinski definition) is 4. The third-order valence-corrected chi connectivity index (χ3v) is 2.98. The van der Waals surface area contributed by atoms with Crippen LogP contribution in [0.1, 0.15) is 10.5 Å². The number of aromatic nitrogens is 2. The Morgan fingerprint density at radius 2 is 1.90 bits per heavy atom. The molecule has 0 radical (unpaired) electrons. The molecule has 2 aromatic heterocycles. The van der Waals surface area contributed by atoms with Gasteiger partial charge in [0.15, 0.2) is 11.5 Å². The van der Waals surface area contributed by atoms with E-state index in [1.54, 1.807) is 0 Å². The van der Waals surface area contributed by atoms with Crippen LogP contribution in [0.25, 0.3) is 11.3 Å². The minimum Gasteiger partial charge on any atom is -0.476 e. The number of anilines is 1. The van der Waals surface area contributed by atoms with Crippen LogP contribution < -0.4 is 5.73 Å². The summed E-state index contributed by atoms with van der Waals surface area (Å²) in [4.78, 5) is 17.7. The number of nitrogens with two attached hydrogens (primary N) is 1. The van der Waals surface area contributed by atoms with Crippen LogP contribution >= 0.6 is 23.2 Å². The van der Waals surface area contributed by atoms with Crippen molar-refractivity contribution < 1.29 is 18.7 Å². The van der Waals surface area contributed by atoms with Crippen LogP contribution in [0, 0.1) is 11.8 Å². The Kier molecular flexibility index (Phi) is 3.74. The smallest absolute Gasteiger partial charge is 0.356 e. The number of hydrogen-bond donors (Lipinski definition) is 2. The lowest BCUT2D eigenvalue weighted by atomic mass is 10.1. The highest BCUT2D eigenvalue weighted by atomic mass is 35.5. The molecule has 5 nitrogen and oxygen atoms in total. The summed E-state index contributed by atoms with van der Waals surface area (Å²) in [5.41, 5.74) is 3.06. The average Bonchev–Trinajstić information content (AvgIpc) is 2.37. The molecule has 104 valence electrons. The van der Waals surface area contributed by atoms with Crippen molar-refractivity contribution in [1.29, 1.82) is 0 Å². The first-order chi connectivity index (χ1) is 9.32. The molecule has 20 heavy (non-hydrogen) atoms. The third-order valence-electron chi connectivity index (χ3n) is 2.38. The molecule has 0 spiro atoms. The predicted molar refractivity (Wildman–Crippen MR) is 68.8 cm³/mol. The minimum absolute atomic E-state index is 0.146.